The number of rotatable bonds is 3. The zero-order valence-corrected chi connectivity index (χ0v) is 14.6. The summed E-state index contributed by atoms with van der Waals surface area (Å²) in [7, 11) is 0. The van der Waals surface area contributed by atoms with Crippen molar-refractivity contribution in [3.63, 3.8) is 0 Å². The van der Waals surface area contributed by atoms with Crippen molar-refractivity contribution in [1.82, 2.24) is 34.9 Å². The van der Waals surface area contributed by atoms with Gasteiger partial charge in [-0.05, 0) is 30.4 Å². The van der Waals surface area contributed by atoms with Gasteiger partial charge in [-0.25, -0.2) is 19.5 Å². The lowest BCUT2D eigenvalue weighted by atomic mass is 9.62. The quantitative estimate of drug-likeness (QED) is 0.578. The highest BCUT2D eigenvalue weighted by molar-refractivity contribution is 5.84. The lowest BCUT2D eigenvalue weighted by Crippen LogP contribution is -2.63. The third-order valence-electron chi connectivity index (χ3n) is 5.74. The molecule has 27 heavy (non-hydrogen) atoms. The van der Waals surface area contributed by atoms with Crippen LogP contribution in [0.25, 0.3) is 27.8 Å². The summed E-state index contributed by atoms with van der Waals surface area (Å²) in [5.41, 5.74) is 4.91. The van der Waals surface area contributed by atoms with Crippen molar-refractivity contribution in [3.05, 3.63) is 43.1 Å². The van der Waals surface area contributed by atoms with Gasteiger partial charge in [0.25, 0.3) is 0 Å². The molecule has 2 N–H and O–H groups in total. The van der Waals surface area contributed by atoms with Crippen LogP contribution in [0.4, 0.5) is 5.95 Å². The molecule has 2 aliphatic rings. The van der Waals surface area contributed by atoms with Crippen LogP contribution in [0.2, 0.25) is 0 Å². The molecule has 4 aromatic heterocycles. The zero-order chi connectivity index (χ0) is 17.8. The molecule has 8 nitrogen and oxygen atoms in total. The predicted octanol–water partition coefficient (Wildman–Crippen LogP) is 1.90. The molecule has 1 saturated carbocycles. The van der Waals surface area contributed by atoms with Gasteiger partial charge in [0, 0.05) is 55.0 Å². The minimum atomic E-state index is 0.475. The molecule has 4 aromatic rings. The van der Waals surface area contributed by atoms with Crippen molar-refractivity contribution in [2.24, 2.45) is 5.41 Å². The SMILES string of the molecule is c1cnc2ncc(-c3ccn4nc(NC5CC6(CNC6)C5)ncc34)cc2n1. The Hall–Kier alpha value is -3.13. The fraction of sp³-hybridized carbons (Fsp3) is 0.316. The van der Waals surface area contributed by atoms with E-state index in [2.05, 4.69) is 35.7 Å². The van der Waals surface area contributed by atoms with Gasteiger partial charge in [-0.2, -0.15) is 0 Å². The molecule has 0 amide bonds. The average Bonchev–Trinajstić information content (AvgIpc) is 3.05. The van der Waals surface area contributed by atoms with Crippen LogP contribution in [0.3, 0.4) is 0 Å². The van der Waals surface area contributed by atoms with Crippen LogP contribution in [0.15, 0.2) is 43.1 Å². The third kappa shape index (κ3) is 2.37. The summed E-state index contributed by atoms with van der Waals surface area (Å²) < 4.78 is 1.87. The van der Waals surface area contributed by atoms with Crippen LogP contribution in [0.1, 0.15) is 12.8 Å². The highest BCUT2D eigenvalue weighted by atomic mass is 15.3. The largest absolute Gasteiger partial charge is 0.350 e. The van der Waals surface area contributed by atoms with Crippen molar-refractivity contribution in [2.45, 2.75) is 18.9 Å². The van der Waals surface area contributed by atoms with Gasteiger partial charge in [-0.1, -0.05) is 0 Å². The number of hydrogen-bond donors (Lipinski definition) is 2. The first kappa shape index (κ1) is 15.0. The molecular formula is C19H18N8. The Morgan fingerprint density at radius 1 is 1.07 bits per heavy atom. The molecule has 6 rings (SSSR count). The Kier molecular flexibility index (Phi) is 3.01. The second-order valence-corrected chi connectivity index (χ2v) is 7.62. The van der Waals surface area contributed by atoms with Crippen LogP contribution in [-0.4, -0.2) is 48.7 Å². The summed E-state index contributed by atoms with van der Waals surface area (Å²) in [5, 5.41) is 11.5. The van der Waals surface area contributed by atoms with Crippen LogP contribution in [-0.2, 0) is 0 Å². The molecule has 134 valence electrons. The molecule has 0 unspecified atom stereocenters. The molecular weight excluding hydrogens is 340 g/mol. The Balaban J connectivity index is 1.29. The van der Waals surface area contributed by atoms with E-state index in [0.29, 0.717) is 23.1 Å². The van der Waals surface area contributed by atoms with Crippen molar-refractivity contribution in [2.75, 3.05) is 18.4 Å². The monoisotopic (exact) mass is 358 g/mol. The molecule has 1 aliphatic heterocycles. The van der Waals surface area contributed by atoms with Crippen molar-refractivity contribution in [3.8, 4) is 11.1 Å². The van der Waals surface area contributed by atoms with Gasteiger partial charge in [0.2, 0.25) is 5.95 Å². The first-order valence-electron chi connectivity index (χ1n) is 9.17. The molecule has 0 aromatic carbocycles. The second kappa shape index (κ2) is 5.43. The van der Waals surface area contributed by atoms with Crippen LogP contribution in [0.5, 0.6) is 0 Å². The minimum Gasteiger partial charge on any atom is -0.350 e. The molecule has 0 radical (unpaired) electrons. The lowest BCUT2D eigenvalue weighted by molar-refractivity contribution is 0.0467. The van der Waals surface area contributed by atoms with E-state index in [4.69, 9.17) is 0 Å². The molecule has 8 heteroatoms. The summed E-state index contributed by atoms with van der Waals surface area (Å²) in [6, 6.07) is 4.51. The highest BCUT2D eigenvalue weighted by Crippen LogP contribution is 2.45. The van der Waals surface area contributed by atoms with Crippen molar-refractivity contribution < 1.29 is 0 Å². The standard InChI is InChI=1S/C19H18N8/c1-4-27-16(14(1)12-5-15-17(23-8-12)22-3-2-21-15)9-24-18(26-27)25-13-6-19(7-13)10-20-11-19/h1-5,8-9,13,20H,6-7,10-11H2,(H,25,26). The maximum absolute atomic E-state index is 4.63. The number of aromatic nitrogens is 6. The van der Waals surface area contributed by atoms with Gasteiger partial charge in [-0.3, -0.25) is 4.98 Å². The van der Waals surface area contributed by atoms with E-state index in [0.717, 1.165) is 35.2 Å². The summed E-state index contributed by atoms with van der Waals surface area (Å²) >= 11 is 0. The zero-order valence-electron chi connectivity index (χ0n) is 14.6. The topological polar surface area (TPSA) is 92.9 Å². The van der Waals surface area contributed by atoms with E-state index in [9.17, 15) is 0 Å². The molecule has 5 heterocycles. The number of nitrogens with zero attached hydrogens (tertiary/aromatic N) is 6. The van der Waals surface area contributed by atoms with Gasteiger partial charge >= 0.3 is 0 Å². The first-order chi connectivity index (χ1) is 13.3. The molecule has 0 atom stereocenters. The first-order valence-corrected chi connectivity index (χ1v) is 9.17. The summed E-state index contributed by atoms with van der Waals surface area (Å²) in [6.45, 7) is 2.30. The third-order valence-corrected chi connectivity index (χ3v) is 5.74. The number of nitrogens with one attached hydrogen (secondary N) is 2. The number of anilines is 1. The molecule has 0 bridgehead atoms. The Morgan fingerprint density at radius 3 is 2.81 bits per heavy atom. The van der Waals surface area contributed by atoms with Crippen molar-refractivity contribution >= 4 is 22.6 Å². The normalized spacial score (nSPS) is 18.5. The van der Waals surface area contributed by atoms with E-state index in [-0.39, 0.29) is 0 Å². The van der Waals surface area contributed by atoms with E-state index in [1.54, 1.807) is 12.4 Å². The van der Waals surface area contributed by atoms with Gasteiger partial charge in [0.15, 0.2) is 5.65 Å². The number of fused-ring (bicyclic) bond motifs is 2. The number of pyridine rings is 1. The molecule has 2 fully saturated rings. The predicted molar refractivity (Wildman–Crippen MR) is 101 cm³/mol. The Bertz CT molecular complexity index is 1150. The maximum Gasteiger partial charge on any atom is 0.241 e. The molecule has 1 aliphatic carbocycles. The van der Waals surface area contributed by atoms with Crippen LogP contribution < -0.4 is 10.6 Å². The van der Waals surface area contributed by atoms with Crippen LogP contribution >= 0.6 is 0 Å². The fourth-order valence-corrected chi connectivity index (χ4v) is 4.25. The van der Waals surface area contributed by atoms with Gasteiger partial charge < -0.3 is 10.6 Å². The summed E-state index contributed by atoms with van der Waals surface area (Å²) in [5.74, 6) is 0.680. The number of hydrogen-bond acceptors (Lipinski definition) is 7. The minimum absolute atomic E-state index is 0.475. The summed E-state index contributed by atoms with van der Waals surface area (Å²) in [6.07, 6.45) is 11.4. The van der Waals surface area contributed by atoms with E-state index in [1.807, 2.05) is 35.2 Å². The van der Waals surface area contributed by atoms with E-state index >= 15 is 0 Å². The van der Waals surface area contributed by atoms with E-state index < -0.39 is 0 Å². The maximum atomic E-state index is 4.63. The smallest absolute Gasteiger partial charge is 0.241 e. The Morgan fingerprint density at radius 2 is 1.96 bits per heavy atom. The Labute approximate surface area is 155 Å². The molecule has 1 spiro atoms. The highest BCUT2D eigenvalue weighted by Gasteiger charge is 2.48. The average molecular weight is 358 g/mol. The van der Waals surface area contributed by atoms with Gasteiger partial charge in [-0.15, -0.1) is 5.10 Å². The second-order valence-electron chi connectivity index (χ2n) is 7.62. The summed E-state index contributed by atoms with van der Waals surface area (Å²) in [4.78, 5) is 17.5. The van der Waals surface area contributed by atoms with Crippen molar-refractivity contribution in [1.29, 1.82) is 0 Å². The lowest BCUT2D eigenvalue weighted by Gasteiger charge is -2.54. The van der Waals surface area contributed by atoms with Gasteiger partial charge in [0.1, 0.15) is 5.52 Å². The van der Waals surface area contributed by atoms with Gasteiger partial charge in [0.05, 0.1) is 11.7 Å². The fourth-order valence-electron chi connectivity index (χ4n) is 4.25. The van der Waals surface area contributed by atoms with Crippen LogP contribution in [0, 0.1) is 5.41 Å². The van der Waals surface area contributed by atoms with E-state index in [1.165, 1.54) is 12.8 Å². The molecule has 1 saturated heterocycles.